The molecule has 0 radical (unpaired) electrons. The van der Waals surface area contributed by atoms with Crippen molar-refractivity contribution in [2.45, 2.75) is 0 Å². The molecule has 1 aromatic heterocycles. The van der Waals surface area contributed by atoms with Gasteiger partial charge in [-0.3, -0.25) is 29.9 Å². The first-order valence-electron chi connectivity index (χ1n) is 4.20. The summed E-state index contributed by atoms with van der Waals surface area (Å²) in [4.78, 5) is 32.7. The molecule has 0 saturated heterocycles. The molecule has 0 atom stereocenters. The third-order valence-corrected chi connectivity index (χ3v) is 2.15. The van der Waals surface area contributed by atoms with Crippen LogP contribution in [0.15, 0.2) is 21.7 Å². The van der Waals surface area contributed by atoms with E-state index >= 15 is 0 Å². The molecule has 0 bridgehead atoms. The maximum absolute atomic E-state index is 11.4. The second-order valence-corrected chi connectivity index (χ2v) is 3.09. The van der Waals surface area contributed by atoms with Crippen LogP contribution < -0.4 is 16.9 Å². The molecule has 0 amide bonds. The van der Waals surface area contributed by atoms with Crippen molar-refractivity contribution in [2.24, 2.45) is 0 Å². The zero-order valence-electron chi connectivity index (χ0n) is 7.81. The first-order chi connectivity index (χ1) is 7.52. The summed E-state index contributed by atoms with van der Waals surface area (Å²) in [6, 6.07) is 2.49. The van der Waals surface area contributed by atoms with Crippen LogP contribution in [0.3, 0.4) is 0 Å². The molecule has 82 valence electrons. The predicted octanol–water partition coefficient (Wildman–Crippen LogP) is -0.293. The van der Waals surface area contributed by atoms with Crippen molar-refractivity contribution >= 4 is 22.1 Å². The number of fused-ring (bicyclic) bond motifs is 1. The number of hydrogen-bond acceptors (Lipinski definition) is 5. The third kappa shape index (κ3) is 1.24. The Balaban J connectivity index is 3.15. The molecule has 0 spiro atoms. The summed E-state index contributed by atoms with van der Waals surface area (Å²) < 4.78 is 0. The fraction of sp³-hybridized carbons (Fsp3) is 0. The molecule has 16 heavy (non-hydrogen) atoms. The molecule has 8 heteroatoms. The number of H-pyrrole nitrogens is 2. The molecule has 0 aliphatic rings. The van der Waals surface area contributed by atoms with Crippen LogP contribution in [0.2, 0.25) is 0 Å². The molecule has 0 aliphatic carbocycles. The summed E-state index contributed by atoms with van der Waals surface area (Å²) in [5, 5.41) is 14.5. The number of nitrogens with two attached hydrogens (primary N) is 1. The van der Waals surface area contributed by atoms with Gasteiger partial charge >= 0.3 is 5.69 Å². The van der Waals surface area contributed by atoms with Gasteiger partial charge in [-0.05, 0) is 12.1 Å². The number of nitrogen functional groups attached to an aromatic ring is 1. The SMILES string of the molecule is Nc1ccc2c(=O)[nH][nH]c(=O)c2c1[N+](=O)[O-]. The quantitative estimate of drug-likeness (QED) is 0.346. The van der Waals surface area contributed by atoms with Gasteiger partial charge in [-0.1, -0.05) is 0 Å². The number of benzene rings is 1. The Kier molecular flexibility index (Phi) is 1.97. The van der Waals surface area contributed by atoms with Gasteiger partial charge in [0.1, 0.15) is 11.1 Å². The minimum absolute atomic E-state index is 0.0651. The Morgan fingerprint density at radius 3 is 2.44 bits per heavy atom. The van der Waals surface area contributed by atoms with Crippen LogP contribution in [-0.2, 0) is 0 Å². The minimum Gasteiger partial charge on any atom is -0.393 e. The average Bonchev–Trinajstić information content (AvgIpc) is 2.23. The van der Waals surface area contributed by atoms with E-state index in [1.165, 1.54) is 12.1 Å². The van der Waals surface area contributed by atoms with E-state index in [1.807, 2.05) is 5.10 Å². The summed E-state index contributed by atoms with van der Waals surface area (Å²) >= 11 is 0. The van der Waals surface area contributed by atoms with Crippen LogP contribution in [0.25, 0.3) is 10.8 Å². The lowest BCUT2D eigenvalue weighted by Crippen LogP contribution is -2.20. The lowest BCUT2D eigenvalue weighted by molar-refractivity contribution is -0.382. The smallest absolute Gasteiger partial charge is 0.305 e. The summed E-state index contributed by atoms with van der Waals surface area (Å²) in [5.74, 6) is 0. The molecule has 2 aromatic rings. The van der Waals surface area contributed by atoms with E-state index in [4.69, 9.17) is 5.73 Å². The Labute approximate surface area is 86.8 Å². The van der Waals surface area contributed by atoms with Crippen molar-refractivity contribution in [3.05, 3.63) is 43.0 Å². The van der Waals surface area contributed by atoms with E-state index in [2.05, 4.69) is 5.10 Å². The lowest BCUT2D eigenvalue weighted by Gasteiger charge is -2.00. The van der Waals surface area contributed by atoms with Gasteiger partial charge in [0.15, 0.2) is 0 Å². The second-order valence-electron chi connectivity index (χ2n) is 3.09. The summed E-state index contributed by atoms with van der Waals surface area (Å²) in [6.45, 7) is 0. The van der Waals surface area contributed by atoms with E-state index in [9.17, 15) is 19.7 Å². The number of nitrogens with one attached hydrogen (secondary N) is 2. The number of aromatic nitrogens is 2. The zero-order valence-corrected chi connectivity index (χ0v) is 7.81. The number of aromatic amines is 2. The number of anilines is 1. The van der Waals surface area contributed by atoms with E-state index in [1.54, 1.807) is 0 Å². The lowest BCUT2D eigenvalue weighted by atomic mass is 10.1. The molecule has 4 N–H and O–H groups in total. The van der Waals surface area contributed by atoms with Gasteiger partial charge in [-0.25, -0.2) is 0 Å². The maximum atomic E-state index is 11.4. The van der Waals surface area contributed by atoms with Crippen LogP contribution >= 0.6 is 0 Å². The number of hydrogen-bond donors (Lipinski definition) is 3. The fourth-order valence-electron chi connectivity index (χ4n) is 1.47. The molecule has 0 fully saturated rings. The minimum atomic E-state index is -0.785. The summed E-state index contributed by atoms with van der Waals surface area (Å²) in [7, 11) is 0. The van der Waals surface area contributed by atoms with Crippen molar-refractivity contribution in [2.75, 3.05) is 5.73 Å². The Morgan fingerprint density at radius 1 is 1.19 bits per heavy atom. The number of nitro benzene ring substituents is 1. The highest BCUT2D eigenvalue weighted by Crippen LogP contribution is 2.26. The van der Waals surface area contributed by atoms with Crippen molar-refractivity contribution < 1.29 is 4.92 Å². The van der Waals surface area contributed by atoms with Crippen LogP contribution in [0, 0.1) is 10.1 Å². The van der Waals surface area contributed by atoms with Crippen LogP contribution in [-0.4, -0.2) is 15.1 Å². The number of rotatable bonds is 1. The first kappa shape index (κ1) is 9.90. The second kappa shape index (κ2) is 3.19. The van der Waals surface area contributed by atoms with Gasteiger partial charge in [-0.15, -0.1) is 0 Å². The van der Waals surface area contributed by atoms with Crippen molar-refractivity contribution in [1.82, 2.24) is 10.2 Å². The van der Waals surface area contributed by atoms with Gasteiger partial charge in [0.25, 0.3) is 11.1 Å². The van der Waals surface area contributed by atoms with Gasteiger partial charge in [0, 0.05) is 0 Å². The summed E-state index contributed by atoms with van der Waals surface area (Å²) in [6.07, 6.45) is 0. The molecule has 2 rings (SSSR count). The van der Waals surface area contributed by atoms with E-state index in [0.717, 1.165) is 0 Å². The van der Waals surface area contributed by atoms with Crippen LogP contribution in [0.1, 0.15) is 0 Å². The fourth-order valence-corrected chi connectivity index (χ4v) is 1.47. The highest BCUT2D eigenvalue weighted by atomic mass is 16.6. The molecule has 8 nitrogen and oxygen atoms in total. The largest absolute Gasteiger partial charge is 0.393 e. The van der Waals surface area contributed by atoms with Crippen molar-refractivity contribution in [3.8, 4) is 0 Å². The van der Waals surface area contributed by atoms with E-state index in [0.29, 0.717) is 0 Å². The maximum Gasteiger partial charge on any atom is 0.305 e. The van der Waals surface area contributed by atoms with Crippen LogP contribution in [0.5, 0.6) is 0 Å². The monoisotopic (exact) mass is 222 g/mol. The van der Waals surface area contributed by atoms with Crippen molar-refractivity contribution in [1.29, 1.82) is 0 Å². The highest BCUT2D eigenvalue weighted by molar-refractivity contribution is 5.94. The Hall–Kier alpha value is -2.64. The Bertz CT molecular complexity index is 699. The van der Waals surface area contributed by atoms with E-state index < -0.39 is 21.7 Å². The van der Waals surface area contributed by atoms with E-state index in [-0.39, 0.29) is 16.5 Å². The summed E-state index contributed by atoms with van der Waals surface area (Å²) in [5.41, 5.74) is 3.32. The average molecular weight is 222 g/mol. The molecular weight excluding hydrogens is 216 g/mol. The van der Waals surface area contributed by atoms with Crippen LogP contribution in [0.4, 0.5) is 11.4 Å². The molecule has 1 heterocycles. The highest BCUT2D eigenvalue weighted by Gasteiger charge is 2.20. The zero-order chi connectivity index (χ0) is 11.9. The van der Waals surface area contributed by atoms with Crippen molar-refractivity contribution in [3.63, 3.8) is 0 Å². The number of nitrogens with zero attached hydrogens (tertiary/aromatic N) is 1. The third-order valence-electron chi connectivity index (χ3n) is 2.15. The molecular formula is C8H6N4O4. The topological polar surface area (TPSA) is 135 Å². The van der Waals surface area contributed by atoms with Gasteiger partial charge < -0.3 is 5.73 Å². The normalized spacial score (nSPS) is 10.5. The molecule has 0 saturated carbocycles. The standard InChI is InChI=1S/C8H6N4O4/c9-4-2-1-3-5(6(4)12(15)16)8(14)11-10-7(3)13/h1-2H,9H2,(H,10,13)(H,11,14). The molecule has 0 unspecified atom stereocenters. The molecule has 1 aromatic carbocycles. The number of nitro groups is 1. The molecule has 0 aliphatic heterocycles. The van der Waals surface area contributed by atoms with Gasteiger partial charge in [0.2, 0.25) is 0 Å². The Morgan fingerprint density at radius 2 is 1.81 bits per heavy atom. The van der Waals surface area contributed by atoms with Gasteiger partial charge in [0.05, 0.1) is 10.3 Å². The first-order valence-corrected chi connectivity index (χ1v) is 4.20. The predicted molar refractivity (Wildman–Crippen MR) is 56.3 cm³/mol. The van der Waals surface area contributed by atoms with Gasteiger partial charge in [-0.2, -0.15) is 0 Å².